The molecule has 0 radical (unpaired) electrons. The SMILES string of the molecule is CCCC(C#N)(CCC)C(=O)NCC(C)CO. The molecule has 0 aliphatic heterocycles. The standard InChI is InChI=1S/C13H24N2O2/c1-4-6-13(10-14,7-5-2)12(17)15-8-11(3)9-16/h11,16H,4-9H2,1-3H3,(H,15,17). The normalized spacial score (nSPS) is 12.9. The Balaban J connectivity index is 4.58. The van der Waals surface area contributed by atoms with Gasteiger partial charge in [-0.05, 0) is 18.8 Å². The molecule has 0 bridgehead atoms. The van der Waals surface area contributed by atoms with Crippen molar-refractivity contribution in [1.82, 2.24) is 5.32 Å². The molecule has 0 saturated carbocycles. The summed E-state index contributed by atoms with van der Waals surface area (Å²) in [5.74, 6) is -0.164. The minimum atomic E-state index is -0.890. The second-order valence-corrected chi connectivity index (χ2v) is 4.69. The van der Waals surface area contributed by atoms with Gasteiger partial charge < -0.3 is 10.4 Å². The van der Waals surface area contributed by atoms with Crippen LogP contribution in [0.3, 0.4) is 0 Å². The van der Waals surface area contributed by atoms with Crippen LogP contribution < -0.4 is 5.32 Å². The first kappa shape index (κ1) is 15.9. The van der Waals surface area contributed by atoms with Gasteiger partial charge in [-0.3, -0.25) is 4.79 Å². The molecule has 0 fully saturated rings. The van der Waals surface area contributed by atoms with Crippen molar-refractivity contribution >= 4 is 5.91 Å². The lowest BCUT2D eigenvalue weighted by atomic mass is 9.79. The molecule has 0 heterocycles. The van der Waals surface area contributed by atoms with E-state index in [1.54, 1.807) is 0 Å². The van der Waals surface area contributed by atoms with Crippen LogP contribution in [0.1, 0.15) is 46.5 Å². The molecular weight excluding hydrogens is 216 g/mol. The molecule has 1 atom stereocenters. The molecule has 0 aromatic rings. The number of rotatable bonds is 8. The highest BCUT2D eigenvalue weighted by atomic mass is 16.3. The summed E-state index contributed by atoms with van der Waals surface area (Å²) in [6.07, 6.45) is 2.82. The van der Waals surface area contributed by atoms with Crippen LogP contribution in [0.15, 0.2) is 0 Å². The third kappa shape index (κ3) is 4.74. The molecule has 0 aliphatic rings. The highest BCUT2D eigenvalue weighted by Gasteiger charge is 2.36. The lowest BCUT2D eigenvalue weighted by molar-refractivity contribution is -0.129. The van der Waals surface area contributed by atoms with Crippen LogP contribution in [0.25, 0.3) is 0 Å². The van der Waals surface area contributed by atoms with E-state index in [1.807, 2.05) is 20.8 Å². The fourth-order valence-electron chi connectivity index (χ4n) is 1.87. The number of hydrogen-bond donors (Lipinski definition) is 2. The zero-order valence-corrected chi connectivity index (χ0v) is 11.1. The number of aliphatic hydroxyl groups excluding tert-OH is 1. The van der Waals surface area contributed by atoms with Crippen molar-refractivity contribution < 1.29 is 9.90 Å². The van der Waals surface area contributed by atoms with Crippen molar-refractivity contribution in [2.75, 3.05) is 13.2 Å². The van der Waals surface area contributed by atoms with Crippen molar-refractivity contribution in [2.24, 2.45) is 11.3 Å². The molecule has 4 nitrogen and oxygen atoms in total. The van der Waals surface area contributed by atoms with Gasteiger partial charge in [-0.1, -0.05) is 33.6 Å². The van der Waals surface area contributed by atoms with E-state index in [4.69, 9.17) is 5.11 Å². The lowest BCUT2D eigenvalue weighted by Gasteiger charge is -2.25. The molecule has 4 heteroatoms. The number of carbonyl (C=O) groups is 1. The van der Waals surface area contributed by atoms with Gasteiger partial charge in [-0.25, -0.2) is 0 Å². The minimum absolute atomic E-state index is 0.0265. The number of nitrogens with zero attached hydrogens (tertiary/aromatic N) is 1. The van der Waals surface area contributed by atoms with Crippen LogP contribution >= 0.6 is 0 Å². The summed E-state index contributed by atoms with van der Waals surface area (Å²) < 4.78 is 0. The van der Waals surface area contributed by atoms with E-state index in [1.165, 1.54) is 0 Å². The average Bonchev–Trinajstić information content (AvgIpc) is 2.34. The fourth-order valence-corrected chi connectivity index (χ4v) is 1.87. The van der Waals surface area contributed by atoms with E-state index in [0.717, 1.165) is 12.8 Å². The summed E-state index contributed by atoms with van der Waals surface area (Å²) in [5, 5.41) is 20.9. The first-order chi connectivity index (χ1) is 8.06. The average molecular weight is 240 g/mol. The molecule has 1 amide bonds. The Hall–Kier alpha value is -1.08. The smallest absolute Gasteiger partial charge is 0.240 e. The summed E-state index contributed by atoms with van der Waals surface area (Å²) in [5.41, 5.74) is -0.890. The molecular formula is C13H24N2O2. The van der Waals surface area contributed by atoms with Crippen molar-refractivity contribution in [3.63, 3.8) is 0 Å². The summed E-state index contributed by atoms with van der Waals surface area (Å²) in [7, 11) is 0. The Morgan fingerprint density at radius 2 is 1.94 bits per heavy atom. The van der Waals surface area contributed by atoms with Gasteiger partial charge in [0, 0.05) is 13.2 Å². The summed E-state index contributed by atoms with van der Waals surface area (Å²) in [4.78, 5) is 12.1. The Kier molecular flexibility index (Phi) is 7.56. The largest absolute Gasteiger partial charge is 0.396 e. The maximum absolute atomic E-state index is 12.1. The van der Waals surface area contributed by atoms with E-state index >= 15 is 0 Å². The van der Waals surface area contributed by atoms with Crippen molar-refractivity contribution in [3.05, 3.63) is 0 Å². The van der Waals surface area contributed by atoms with Crippen LogP contribution in [0.5, 0.6) is 0 Å². The van der Waals surface area contributed by atoms with Crippen LogP contribution in [-0.2, 0) is 4.79 Å². The van der Waals surface area contributed by atoms with Crippen LogP contribution in [0.4, 0.5) is 0 Å². The maximum Gasteiger partial charge on any atom is 0.240 e. The fraction of sp³-hybridized carbons (Fsp3) is 0.846. The number of nitrogens with one attached hydrogen (secondary N) is 1. The van der Waals surface area contributed by atoms with E-state index in [-0.39, 0.29) is 18.4 Å². The van der Waals surface area contributed by atoms with E-state index in [9.17, 15) is 10.1 Å². The Labute approximate surface area is 104 Å². The molecule has 0 aromatic carbocycles. The molecule has 2 N–H and O–H groups in total. The molecule has 0 saturated heterocycles. The molecule has 0 rings (SSSR count). The predicted molar refractivity (Wildman–Crippen MR) is 67.1 cm³/mol. The summed E-state index contributed by atoms with van der Waals surface area (Å²) in [6.45, 7) is 6.28. The molecule has 98 valence electrons. The molecule has 0 aliphatic carbocycles. The first-order valence-corrected chi connectivity index (χ1v) is 6.36. The van der Waals surface area contributed by atoms with Gasteiger partial charge in [-0.2, -0.15) is 5.26 Å². The Bertz CT molecular complexity index is 265. The molecule has 0 spiro atoms. The van der Waals surface area contributed by atoms with Gasteiger partial charge in [0.05, 0.1) is 6.07 Å². The van der Waals surface area contributed by atoms with Gasteiger partial charge >= 0.3 is 0 Å². The van der Waals surface area contributed by atoms with E-state index in [2.05, 4.69) is 11.4 Å². The monoisotopic (exact) mass is 240 g/mol. The second kappa shape index (κ2) is 8.08. The number of nitriles is 1. The zero-order valence-electron chi connectivity index (χ0n) is 11.1. The third-order valence-corrected chi connectivity index (χ3v) is 2.92. The van der Waals surface area contributed by atoms with Crippen LogP contribution in [-0.4, -0.2) is 24.2 Å². The predicted octanol–water partition coefficient (Wildman–Crippen LogP) is 1.84. The van der Waals surface area contributed by atoms with Gasteiger partial charge in [0.15, 0.2) is 0 Å². The number of carbonyl (C=O) groups excluding carboxylic acids is 1. The van der Waals surface area contributed by atoms with Gasteiger partial charge in [0.1, 0.15) is 5.41 Å². The Morgan fingerprint density at radius 3 is 2.29 bits per heavy atom. The second-order valence-electron chi connectivity index (χ2n) is 4.69. The zero-order chi connectivity index (χ0) is 13.3. The van der Waals surface area contributed by atoms with Gasteiger partial charge in [-0.15, -0.1) is 0 Å². The topological polar surface area (TPSA) is 73.1 Å². The molecule has 17 heavy (non-hydrogen) atoms. The summed E-state index contributed by atoms with van der Waals surface area (Å²) >= 11 is 0. The molecule has 1 unspecified atom stereocenters. The van der Waals surface area contributed by atoms with E-state index < -0.39 is 5.41 Å². The number of amides is 1. The van der Waals surface area contributed by atoms with Crippen molar-refractivity contribution in [3.8, 4) is 6.07 Å². The van der Waals surface area contributed by atoms with Gasteiger partial charge in [0.2, 0.25) is 5.91 Å². The Morgan fingerprint density at radius 1 is 1.41 bits per heavy atom. The molecule has 0 aromatic heterocycles. The minimum Gasteiger partial charge on any atom is -0.396 e. The van der Waals surface area contributed by atoms with Crippen LogP contribution in [0, 0.1) is 22.7 Å². The highest BCUT2D eigenvalue weighted by molar-refractivity contribution is 5.85. The lowest BCUT2D eigenvalue weighted by Crippen LogP contribution is -2.42. The maximum atomic E-state index is 12.1. The third-order valence-electron chi connectivity index (χ3n) is 2.92. The first-order valence-electron chi connectivity index (χ1n) is 6.36. The quantitative estimate of drug-likeness (QED) is 0.680. The van der Waals surface area contributed by atoms with Crippen molar-refractivity contribution in [2.45, 2.75) is 46.5 Å². The van der Waals surface area contributed by atoms with Crippen LogP contribution in [0.2, 0.25) is 0 Å². The number of aliphatic hydroxyl groups is 1. The van der Waals surface area contributed by atoms with E-state index in [0.29, 0.717) is 19.4 Å². The highest BCUT2D eigenvalue weighted by Crippen LogP contribution is 2.29. The van der Waals surface area contributed by atoms with Crippen molar-refractivity contribution in [1.29, 1.82) is 5.26 Å². The van der Waals surface area contributed by atoms with Gasteiger partial charge in [0.25, 0.3) is 0 Å². The summed E-state index contributed by atoms with van der Waals surface area (Å²) in [6, 6.07) is 2.18. The number of hydrogen-bond acceptors (Lipinski definition) is 3.